The molecule has 0 amide bonds. The smallest absolute Gasteiger partial charge is 0.174 e. The van der Waals surface area contributed by atoms with Crippen molar-refractivity contribution in [2.45, 2.75) is 10.9 Å². The van der Waals surface area contributed by atoms with Gasteiger partial charge in [-0.05, 0) is 29.8 Å². The number of benzene rings is 2. The zero-order valence-corrected chi connectivity index (χ0v) is 17.0. The number of thioether (sulfide) groups is 1. The normalized spacial score (nSPS) is 11.0. The number of rotatable bonds is 6. The van der Waals surface area contributed by atoms with E-state index in [0.717, 1.165) is 38.4 Å². The van der Waals surface area contributed by atoms with Crippen LogP contribution >= 0.6 is 23.4 Å². The van der Waals surface area contributed by atoms with E-state index in [4.69, 9.17) is 26.1 Å². The lowest BCUT2D eigenvalue weighted by atomic mass is 10.1. The van der Waals surface area contributed by atoms with Crippen molar-refractivity contribution in [2.24, 2.45) is 0 Å². The molecule has 0 atom stereocenters. The van der Waals surface area contributed by atoms with Crippen molar-refractivity contribution in [2.75, 3.05) is 14.2 Å². The molecule has 0 aliphatic carbocycles. The summed E-state index contributed by atoms with van der Waals surface area (Å²) in [4.78, 5) is 9.31. The van der Waals surface area contributed by atoms with Crippen molar-refractivity contribution in [1.29, 1.82) is 0 Å². The zero-order chi connectivity index (χ0) is 19.5. The van der Waals surface area contributed by atoms with Crippen LogP contribution in [0.25, 0.3) is 16.9 Å². The lowest BCUT2D eigenvalue weighted by Gasteiger charge is -2.11. The summed E-state index contributed by atoms with van der Waals surface area (Å²) >= 11 is 7.92. The van der Waals surface area contributed by atoms with Gasteiger partial charge in [0.2, 0.25) is 0 Å². The van der Waals surface area contributed by atoms with Gasteiger partial charge < -0.3 is 9.47 Å². The minimum absolute atomic E-state index is 0.662. The summed E-state index contributed by atoms with van der Waals surface area (Å²) in [7, 11) is 3.24. The fourth-order valence-corrected chi connectivity index (χ4v) is 4.17. The molecule has 2 aromatic heterocycles. The Bertz CT molecular complexity index is 1130. The topological polar surface area (TPSA) is 48.7 Å². The summed E-state index contributed by atoms with van der Waals surface area (Å²) in [6.45, 7) is 0. The maximum absolute atomic E-state index is 6.30. The Morgan fingerprint density at radius 1 is 1.04 bits per heavy atom. The van der Waals surface area contributed by atoms with Crippen LogP contribution in [0.3, 0.4) is 0 Å². The van der Waals surface area contributed by atoms with Crippen LogP contribution in [0.2, 0.25) is 5.02 Å². The lowest BCUT2D eigenvalue weighted by molar-refractivity contribution is 0.355. The van der Waals surface area contributed by atoms with Crippen LogP contribution in [-0.4, -0.2) is 28.6 Å². The number of nitrogens with zero attached hydrogens (tertiary/aromatic N) is 3. The van der Waals surface area contributed by atoms with Gasteiger partial charge in [-0.1, -0.05) is 41.6 Å². The number of imidazole rings is 1. The van der Waals surface area contributed by atoms with Gasteiger partial charge in [-0.15, -0.1) is 0 Å². The minimum Gasteiger partial charge on any atom is -0.493 e. The van der Waals surface area contributed by atoms with Crippen LogP contribution in [0, 0.1) is 0 Å². The lowest BCUT2D eigenvalue weighted by Crippen LogP contribution is -1.98. The number of hydrogen-bond acceptors (Lipinski definition) is 5. The second-order valence-corrected chi connectivity index (χ2v) is 7.38. The van der Waals surface area contributed by atoms with E-state index in [2.05, 4.69) is 4.98 Å². The number of halogens is 1. The molecule has 0 radical (unpaired) electrons. The van der Waals surface area contributed by atoms with E-state index in [0.29, 0.717) is 11.5 Å². The molecule has 4 aromatic rings. The summed E-state index contributed by atoms with van der Waals surface area (Å²) in [6.07, 6.45) is 3.69. The number of ether oxygens (including phenoxy) is 2. The standard InChI is InChI=1S/C21H18ClN3O2S/c1-26-18-8-7-14(11-19(18)27-2)17-12-20-23-9-10-25(20)21(24-17)28-13-15-5-3-4-6-16(15)22/h3-12H,13H2,1-2H3. The molecular weight excluding hydrogens is 394 g/mol. The molecule has 142 valence electrons. The number of fused-ring (bicyclic) bond motifs is 1. The molecule has 0 bridgehead atoms. The molecule has 0 aliphatic heterocycles. The van der Waals surface area contributed by atoms with E-state index in [-0.39, 0.29) is 0 Å². The molecular formula is C21H18ClN3O2S. The zero-order valence-electron chi connectivity index (χ0n) is 15.4. The summed E-state index contributed by atoms with van der Waals surface area (Å²) in [5.74, 6) is 2.06. The van der Waals surface area contributed by atoms with E-state index < -0.39 is 0 Å². The third kappa shape index (κ3) is 3.66. The Labute approximate surface area is 172 Å². The Kier molecular flexibility index (Phi) is 5.41. The highest BCUT2D eigenvalue weighted by atomic mass is 35.5. The predicted octanol–water partition coefficient (Wildman–Crippen LogP) is 5.36. The molecule has 2 aromatic carbocycles. The summed E-state index contributed by atoms with van der Waals surface area (Å²) in [5.41, 5.74) is 3.66. The monoisotopic (exact) mass is 411 g/mol. The van der Waals surface area contributed by atoms with Crippen LogP contribution < -0.4 is 9.47 Å². The van der Waals surface area contributed by atoms with Gasteiger partial charge in [0, 0.05) is 34.8 Å². The number of aromatic nitrogens is 3. The van der Waals surface area contributed by atoms with E-state index >= 15 is 0 Å². The van der Waals surface area contributed by atoms with Crippen molar-refractivity contribution in [1.82, 2.24) is 14.4 Å². The average Bonchev–Trinajstić information content (AvgIpc) is 3.21. The average molecular weight is 412 g/mol. The second-order valence-electron chi connectivity index (χ2n) is 6.03. The highest BCUT2D eigenvalue weighted by Crippen LogP contribution is 2.33. The van der Waals surface area contributed by atoms with Crippen molar-refractivity contribution in [3.05, 3.63) is 71.5 Å². The van der Waals surface area contributed by atoms with Gasteiger partial charge in [-0.2, -0.15) is 0 Å². The molecule has 0 saturated heterocycles. The van der Waals surface area contributed by atoms with Crippen molar-refractivity contribution >= 4 is 29.0 Å². The van der Waals surface area contributed by atoms with Gasteiger partial charge in [0.05, 0.1) is 19.9 Å². The maximum atomic E-state index is 6.30. The Hall–Kier alpha value is -2.70. The van der Waals surface area contributed by atoms with E-state index in [1.807, 2.05) is 59.1 Å². The summed E-state index contributed by atoms with van der Waals surface area (Å²) < 4.78 is 12.7. The van der Waals surface area contributed by atoms with E-state index in [1.54, 1.807) is 32.2 Å². The van der Waals surface area contributed by atoms with E-state index in [1.165, 1.54) is 0 Å². The van der Waals surface area contributed by atoms with Gasteiger partial charge in [0.25, 0.3) is 0 Å². The first kappa shape index (κ1) is 18.7. The predicted molar refractivity (Wildman–Crippen MR) is 113 cm³/mol. The fourth-order valence-electron chi connectivity index (χ4n) is 2.90. The third-order valence-corrected chi connectivity index (χ3v) is 5.72. The molecule has 0 spiro atoms. The largest absolute Gasteiger partial charge is 0.493 e. The molecule has 0 fully saturated rings. The molecule has 7 heteroatoms. The molecule has 0 aliphatic rings. The highest BCUT2D eigenvalue weighted by molar-refractivity contribution is 7.98. The number of methoxy groups -OCH3 is 2. The first-order valence-corrected chi connectivity index (χ1v) is 9.98. The Morgan fingerprint density at radius 2 is 1.86 bits per heavy atom. The highest BCUT2D eigenvalue weighted by Gasteiger charge is 2.12. The van der Waals surface area contributed by atoms with Crippen molar-refractivity contribution in [3.8, 4) is 22.8 Å². The van der Waals surface area contributed by atoms with Crippen LogP contribution in [0.4, 0.5) is 0 Å². The van der Waals surface area contributed by atoms with Crippen LogP contribution in [0.1, 0.15) is 5.56 Å². The molecule has 0 saturated carbocycles. The SMILES string of the molecule is COc1ccc(-c2cc3nccn3c(SCc3ccccc3Cl)n2)cc1OC. The summed E-state index contributed by atoms with van der Waals surface area (Å²) in [5, 5.41) is 1.60. The second kappa shape index (κ2) is 8.12. The Morgan fingerprint density at radius 3 is 2.64 bits per heavy atom. The first-order chi connectivity index (χ1) is 13.7. The van der Waals surface area contributed by atoms with Gasteiger partial charge in [0.1, 0.15) is 5.65 Å². The van der Waals surface area contributed by atoms with Gasteiger partial charge >= 0.3 is 0 Å². The molecule has 28 heavy (non-hydrogen) atoms. The van der Waals surface area contributed by atoms with Crippen molar-refractivity contribution in [3.63, 3.8) is 0 Å². The molecule has 0 unspecified atom stereocenters. The van der Waals surface area contributed by atoms with Crippen molar-refractivity contribution < 1.29 is 9.47 Å². The quantitative estimate of drug-likeness (QED) is 0.316. The minimum atomic E-state index is 0.662. The van der Waals surface area contributed by atoms with Crippen LogP contribution in [-0.2, 0) is 5.75 Å². The molecule has 2 heterocycles. The van der Waals surface area contributed by atoms with Crippen LogP contribution in [0.5, 0.6) is 11.5 Å². The maximum Gasteiger partial charge on any atom is 0.174 e. The summed E-state index contributed by atoms with van der Waals surface area (Å²) in [6, 6.07) is 15.6. The third-order valence-electron chi connectivity index (χ3n) is 4.35. The number of hydrogen-bond donors (Lipinski definition) is 0. The molecule has 5 nitrogen and oxygen atoms in total. The first-order valence-electron chi connectivity index (χ1n) is 8.62. The van der Waals surface area contributed by atoms with E-state index in [9.17, 15) is 0 Å². The molecule has 4 rings (SSSR count). The Balaban J connectivity index is 1.72. The van der Waals surface area contributed by atoms with Gasteiger partial charge in [0.15, 0.2) is 16.7 Å². The molecule has 0 N–H and O–H groups in total. The van der Waals surface area contributed by atoms with Gasteiger partial charge in [-0.3, -0.25) is 4.40 Å². The fraction of sp³-hybridized carbons (Fsp3) is 0.143. The van der Waals surface area contributed by atoms with Crippen LogP contribution in [0.15, 0.2) is 66.1 Å². The van der Waals surface area contributed by atoms with Gasteiger partial charge in [-0.25, -0.2) is 9.97 Å².